The van der Waals surface area contributed by atoms with Crippen molar-refractivity contribution in [2.45, 2.75) is 32.2 Å². The zero-order valence-electron chi connectivity index (χ0n) is 17.8. The van der Waals surface area contributed by atoms with Crippen molar-refractivity contribution < 1.29 is 4.79 Å². The number of aromatic nitrogens is 2. The molecule has 0 saturated heterocycles. The number of carbonyl (C=O) groups excluding carboxylic acids is 1. The van der Waals surface area contributed by atoms with E-state index in [2.05, 4.69) is 24.4 Å². The van der Waals surface area contributed by atoms with Gasteiger partial charge in [0.25, 0.3) is 0 Å². The second-order valence-corrected chi connectivity index (χ2v) is 8.24. The van der Waals surface area contributed by atoms with Crippen LogP contribution < -0.4 is 5.32 Å². The van der Waals surface area contributed by atoms with Crippen LogP contribution in [-0.2, 0) is 4.79 Å². The summed E-state index contributed by atoms with van der Waals surface area (Å²) in [5.74, 6) is 0.208. The number of carbonyl (C=O) groups is 1. The number of nitrogens with one attached hydrogen (secondary N) is 1. The Morgan fingerprint density at radius 3 is 2.39 bits per heavy atom. The Kier molecular flexibility index (Phi) is 6.38. The molecular formula is C26H26ClN3O. The van der Waals surface area contributed by atoms with Crippen molar-refractivity contribution in [2.75, 3.05) is 6.54 Å². The molecule has 31 heavy (non-hydrogen) atoms. The molecule has 1 amide bonds. The van der Waals surface area contributed by atoms with Crippen LogP contribution in [0.4, 0.5) is 0 Å². The molecule has 0 saturated carbocycles. The molecule has 1 heterocycles. The number of hydrogen-bond donors (Lipinski definition) is 1. The quantitative estimate of drug-likeness (QED) is 0.377. The van der Waals surface area contributed by atoms with Gasteiger partial charge in [0.05, 0.1) is 5.52 Å². The van der Waals surface area contributed by atoms with E-state index < -0.39 is 6.04 Å². The van der Waals surface area contributed by atoms with Crippen molar-refractivity contribution in [1.29, 1.82) is 0 Å². The summed E-state index contributed by atoms with van der Waals surface area (Å²) in [4.78, 5) is 13.2. The van der Waals surface area contributed by atoms with Crippen molar-refractivity contribution in [3.8, 4) is 11.3 Å². The van der Waals surface area contributed by atoms with Crippen molar-refractivity contribution in [1.82, 2.24) is 15.1 Å². The summed E-state index contributed by atoms with van der Waals surface area (Å²) in [6, 6.07) is 25.5. The fourth-order valence-corrected chi connectivity index (χ4v) is 4.07. The summed E-state index contributed by atoms with van der Waals surface area (Å²) in [5, 5.41) is 9.60. The fourth-order valence-electron chi connectivity index (χ4n) is 3.90. The third-order valence-electron chi connectivity index (χ3n) is 5.65. The van der Waals surface area contributed by atoms with Gasteiger partial charge in [0.1, 0.15) is 11.7 Å². The van der Waals surface area contributed by atoms with Gasteiger partial charge in [-0.2, -0.15) is 5.10 Å². The summed E-state index contributed by atoms with van der Waals surface area (Å²) in [5.41, 5.74) is 3.95. The van der Waals surface area contributed by atoms with E-state index in [1.807, 2.05) is 78.3 Å². The predicted molar refractivity (Wildman–Crippen MR) is 127 cm³/mol. The first-order chi connectivity index (χ1) is 15.1. The topological polar surface area (TPSA) is 46.9 Å². The molecule has 1 aromatic heterocycles. The molecule has 4 aromatic rings. The van der Waals surface area contributed by atoms with E-state index in [1.54, 1.807) is 0 Å². The molecule has 158 valence electrons. The molecule has 0 fully saturated rings. The maximum Gasteiger partial charge on any atom is 0.244 e. The highest BCUT2D eigenvalue weighted by Crippen LogP contribution is 2.32. The number of fused-ring (bicyclic) bond motifs is 1. The molecule has 0 spiro atoms. The minimum absolute atomic E-state index is 0.0238. The van der Waals surface area contributed by atoms with Crippen LogP contribution in [0.25, 0.3) is 22.2 Å². The SMILES string of the molecule is CCC(C(=O)NCC(C)c1ccccc1)n1nc(-c2ccccc2)c2cc(Cl)ccc21. The van der Waals surface area contributed by atoms with E-state index in [0.29, 0.717) is 18.0 Å². The third-order valence-corrected chi connectivity index (χ3v) is 5.89. The molecule has 0 bridgehead atoms. The number of amides is 1. The number of halogens is 1. The zero-order chi connectivity index (χ0) is 21.8. The van der Waals surface area contributed by atoms with E-state index in [1.165, 1.54) is 5.56 Å². The largest absolute Gasteiger partial charge is 0.354 e. The smallest absolute Gasteiger partial charge is 0.244 e. The summed E-state index contributed by atoms with van der Waals surface area (Å²) in [6.07, 6.45) is 0.638. The molecule has 0 radical (unpaired) electrons. The van der Waals surface area contributed by atoms with Crippen LogP contribution in [0.15, 0.2) is 78.9 Å². The lowest BCUT2D eigenvalue weighted by Crippen LogP contribution is -2.35. The third kappa shape index (κ3) is 4.49. The highest BCUT2D eigenvalue weighted by Gasteiger charge is 2.24. The first-order valence-electron chi connectivity index (χ1n) is 10.6. The molecule has 2 atom stereocenters. The van der Waals surface area contributed by atoms with Crippen LogP contribution in [-0.4, -0.2) is 22.2 Å². The van der Waals surface area contributed by atoms with Gasteiger partial charge in [-0.3, -0.25) is 9.48 Å². The Hall–Kier alpha value is -3.11. The number of rotatable bonds is 7. The fraction of sp³-hybridized carbons (Fsp3) is 0.231. The van der Waals surface area contributed by atoms with Crippen LogP contribution >= 0.6 is 11.6 Å². The molecule has 2 unspecified atom stereocenters. The Morgan fingerprint density at radius 1 is 1.03 bits per heavy atom. The van der Waals surface area contributed by atoms with Crippen LogP contribution in [0.1, 0.15) is 37.8 Å². The molecular weight excluding hydrogens is 406 g/mol. The summed E-state index contributed by atoms with van der Waals surface area (Å²) in [7, 11) is 0. The summed E-state index contributed by atoms with van der Waals surface area (Å²) >= 11 is 6.29. The predicted octanol–water partition coefficient (Wildman–Crippen LogP) is 6.23. The van der Waals surface area contributed by atoms with Gasteiger partial charge in [-0.05, 0) is 36.1 Å². The standard InChI is InChI=1S/C26H26ClN3O/c1-3-23(26(31)28-17-18(2)19-10-6-4-7-11-19)30-24-15-14-21(27)16-22(24)25(29-30)20-12-8-5-9-13-20/h4-16,18,23H,3,17H2,1-2H3,(H,28,31). The molecule has 3 aromatic carbocycles. The Balaban J connectivity index is 1.64. The van der Waals surface area contributed by atoms with Gasteiger partial charge in [0.2, 0.25) is 5.91 Å². The lowest BCUT2D eigenvalue weighted by molar-refractivity contribution is -0.124. The van der Waals surface area contributed by atoms with Gasteiger partial charge in [-0.25, -0.2) is 0 Å². The first-order valence-corrected chi connectivity index (χ1v) is 11.0. The average Bonchev–Trinajstić information content (AvgIpc) is 3.17. The van der Waals surface area contributed by atoms with Crippen LogP contribution in [0.5, 0.6) is 0 Å². The Morgan fingerprint density at radius 2 is 1.71 bits per heavy atom. The van der Waals surface area contributed by atoms with Gasteiger partial charge in [0, 0.05) is 22.5 Å². The van der Waals surface area contributed by atoms with Crippen LogP contribution in [0.2, 0.25) is 5.02 Å². The van der Waals surface area contributed by atoms with E-state index in [4.69, 9.17) is 16.7 Å². The number of hydrogen-bond acceptors (Lipinski definition) is 2. The highest BCUT2D eigenvalue weighted by molar-refractivity contribution is 6.31. The minimum Gasteiger partial charge on any atom is -0.354 e. The van der Waals surface area contributed by atoms with Gasteiger partial charge in [0.15, 0.2) is 0 Å². The summed E-state index contributed by atoms with van der Waals surface area (Å²) < 4.78 is 1.84. The molecule has 0 aliphatic heterocycles. The average molecular weight is 432 g/mol. The van der Waals surface area contributed by atoms with E-state index >= 15 is 0 Å². The number of nitrogens with zero attached hydrogens (tertiary/aromatic N) is 2. The van der Waals surface area contributed by atoms with E-state index in [9.17, 15) is 4.79 Å². The Bertz CT molecular complexity index is 1170. The van der Waals surface area contributed by atoms with E-state index in [0.717, 1.165) is 22.2 Å². The van der Waals surface area contributed by atoms with Gasteiger partial charge < -0.3 is 5.32 Å². The highest BCUT2D eigenvalue weighted by atomic mass is 35.5. The maximum atomic E-state index is 13.2. The lowest BCUT2D eigenvalue weighted by Gasteiger charge is -2.19. The van der Waals surface area contributed by atoms with Crippen LogP contribution in [0.3, 0.4) is 0 Å². The molecule has 4 nitrogen and oxygen atoms in total. The molecule has 4 rings (SSSR count). The van der Waals surface area contributed by atoms with Crippen molar-refractivity contribution in [3.63, 3.8) is 0 Å². The maximum absolute atomic E-state index is 13.2. The van der Waals surface area contributed by atoms with Gasteiger partial charge in [-0.1, -0.05) is 86.1 Å². The lowest BCUT2D eigenvalue weighted by atomic mass is 10.0. The summed E-state index contributed by atoms with van der Waals surface area (Å²) in [6.45, 7) is 4.71. The number of benzene rings is 3. The van der Waals surface area contributed by atoms with Crippen molar-refractivity contribution in [3.05, 3.63) is 89.4 Å². The van der Waals surface area contributed by atoms with Crippen molar-refractivity contribution >= 4 is 28.4 Å². The van der Waals surface area contributed by atoms with Gasteiger partial charge >= 0.3 is 0 Å². The van der Waals surface area contributed by atoms with Crippen LogP contribution in [0, 0.1) is 0 Å². The second kappa shape index (κ2) is 9.36. The normalized spacial score (nSPS) is 13.1. The van der Waals surface area contributed by atoms with E-state index in [-0.39, 0.29) is 11.8 Å². The molecule has 0 aliphatic rings. The van der Waals surface area contributed by atoms with Crippen molar-refractivity contribution in [2.24, 2.45) is 0 Å². The zero-order valence-corrected chi connectivity index (χ0v) is 18.5. The monoisotopic (exact) mass is 431 g/mol. The first kappa shape index (κ1) is 21.1. The molecule has 1 N–H and O–H groups in total. The molecule has 0 aliphatic carbocycles. The second-order valence-electron chi connectivity index (χ2n) is 7.80. The molecule has 5 heteroatoms. The van der Waals surface area contributed by atoms with Gasteiger partial charge in [-0.15, -0.1) is 0 Å². The Labute approximate surface area is 187 Å². The minimum atomic E-state index is -0.399.